The van der Waals surface area contributed by atoms with Crippen LogP contribution in [0.3, 0.4) is 0 Å². The molecular formula is C14H18O5. The molecule has 0 aromatic heterocycles. The van der Waals surface area contributed by atoms with Gasteiger partial charge < -0.3 is 14.2 Å². The first-order valence-corrected chi connectivity index (χ1v) is 5.98. The van der Waals surface area contributed by atoms with Crippen LogP contribution < -0.4 is 9.47 Å². The highest BCUT2D eigenvalue weighted by Crippen LogP contribution is 2.28. The van der Waals surface area contributed by atoms with Crippen molar-refractivity contribution in [1.29, 1.82) is 0 Å². The molecule has 0 spiro atoms. The summed E-state index contributed by atoms with van der Waals surface area (Å²) in [7, 11) is 3.00. The fourth-order valence-corrected chi connectivity index (χ4v) is 1.61. The summed E-state index contributed by atoms with van der Waals surface area (Å²) in [6, 6.07) is 4.78. The van der Waals surface area contributed by atoms with E-state index in [0.29, 0.717) is 17.1 Å². The van der Waals surface area contributed by atoms with E-state index in [4.69, 9.17) is 14.2 Å². The van der Waals surface area contributed by atoms with Crippen LogP contribution in [0.25, 0.3) is 0 Å². The van der Waals surface area contributed by atoms with Crippen molar-refractivity contribution in [3.05, 3.63) is 23.8 Å². The van der Waals surface area contributed by atoms with Crippen molar-refractivity contribution < 1.29 is 23.8 Å². The maximum Gasteiger partial charge on any atom is 0.316 e. The van der Waals surface area contributed by atoms with E-state index in [1.165, 1.54) is 21.1 Å². The van der Waals surface area contributed by atoms with Gasteiger partial charge in [0.05, 0.1) is 20.8 Å². The van der Waals surface area contributed by atoms with E-state index in [9.17, 15) is 9.59 Å². The largest absolute Gasteiger partial charge is 0.493 e. The van der Waals surface area contributed by atoms with Gasteiger partial charge in [-0.25, -0.2) is 0 Å². The number of carbonyl (C=O) groups is 2. The first-order chi connectivity index (χ1) is 9.04. The van der Waals surface area contributed by atoms with Crippen molar-refractivity contribution in [2.24, 2.45) is 5.92 Å². The van der Waals surface area contributed by atoms with E-state index < -0.39 is 11.9 Å². The molecule has 0 bridgehead atoms. The summed E-state index contributed by atoms with van der Waals surface area (Å²) in [6.07, 6.45) is 0. The van der Waals surface area contributed by atoms with E-state index in [2.05, 4.69) is 0 Å². The van der Waals surface area contributed by atoms with Crippen molar-refractivity contribution in [3.8, 4) is 11.5 Å². The van der Waals surface area contributed by atoms with Crippen LogP contribution in [0.4, 0.5) is 0 Å². The monoisotopic (exact) mass is 266 g/mol. The zero-order valence-corrected chi connectivity index (χ0v) is 11.6. The highest BCUT2D eigenvalue weighted by Gasteiger charge is 2.24. The molecule has 0 aliphatic rings. The van der Waals surface area contributed by atoms with Gasteiger partial charge in [0.2, 0.25) is 0 Å². The second kappa shape index (κ2) is 6.78. The molecule has 0 radical (unpaired) electrons. The summed E-state index contributed by atoms with van der Waals surface area (Å²) >= 11 is 0. The molecule has 19 heavy (non-hydrogen) atoms. The SMILES string of the molecule is CCOC(=O)C(C)C(=O)c1ccc(OC)c(OC)c1. The van der Waals surface area contributed by atoms with E-state index >= 15 is 0 Å². The summed E-state index contributed by atoms with van der Waals surface area (Å²) in [6.45, 7) is 3.48. The highest BCUT2D eigenvalue weighted by molar-refractivity contribution is 6.08. The zero-order chi connectivity index (χ0) is 14.4. The average molecular weight is 266 g/mol. The van der Waals surface area contributed by atoms with Gasteiger partial charge in [0, 0.05) is 5.56 Å². The standard InChI is InChI=1S/C14H18O5/c1-5-19-14(16)9(2)13(15)10-6-7-11(17-3)12(8-10)18-4/h6-9H,5H2,1-4H3. The molecule has 104 valence electrons. The molecule has 0 amide bonds. The van der Waals surface area contributed by atoms with Crippen LogP contribution >= 0.6 is 0 Å². The van der Waals surface area contributed by atoms with Crippen molar-refractivity contribution in [2.45, 2.75) is 13.8 Å². The number of Topliss-reactive ketones (excluding diaryl/α,β-unsaturated/α-hetero) is 1. The molecule has 5 nitrogen and oxygen atoms in total. The molecule has 1 unspecified atom stereocenters. The Balaban J connectivity index is 2.97. The molecular weight excluding hydrogens is 248 g/mol. The topological polar surface area (TPSA) is 61.8 Å². The fourth-order valence-electron chi connectivity index (χ4n) is 1.61. The number of benzene rings is 1. The van der Waals surface area contributed by atoms with Crippen LogP contribution in [-0.2, 0) is 9.53 Å². The van der Waals surface area contributed by atoms with Crippen molar-refractivity contribution in [1.82, 2.24) is 0 Å². The van der Waals surface area contributed by atoms with E-state index in [1.807, 2.05) is 0 Å². The second-order valence-corrected chi connectivity index (χ2v) is 3.91. The normalized spacial score (nSPS) is 11.6. The number of hydrogen-bond acceptors (Lipinski definition) is 5. The number of hydrogen-bond donors (Lipinski definition) is 0. The summed E-state index contributed by atoms with van der Waals surface area (Å²) in [4.78, 5) is 23.7. The molecule has 0 heterocycles. The molecule has 0 N–H and O–H groups in total. The first kappa shape index (κ1) is 15.0. The van der Waals surface area contributed by atoms with Crippen molar-refractivity contribution >= 4 is 11.8 Å². The van der Waals surface area contributed by atoms with Crippen LogP contribution in [0.15, 0.2) is 18.2 Å². The van der Waals surface area contributed by atoms with Gasteiger partial charge >= 0.3 is 5.97 Å². The predicted octanol–water partition coefficient (Wildman–Crippen LogP) is 2.09. The van der Waals surface area contributed by atoms with Crippen molar-refractivity contribution in [2.75, 3.05) is 20.8 Å². The van der Waals surface area contributed by atoms with Crippen LogP contribution in [0, 0.1) is 5.92 Å². The Labute approximate surface area is 112 Å². The van der Waals surface area contributed by atoms with Crippen LogP contribution in [0.5, 0.6) is 11.5 Å². The molecule has 0 aliphatic carbocycles. The third-order valence-electron chi connectivity index (χ3n) is 2.70. The van der Waals surface area contributed by atoms with Gasteiger partial charge in [0.25, 0.3) is 0 Å². The lowest BCUT2D eigenvalue weighted by Gasteiger charge is -2.12. The minimum absolute atomic E-state index is 0.252. The summed E-state index contributed by atoms with van der Waals surface area (Å²) in [5.41, 5.74) is 0.387. The summed E-state index contributed by atoms with van der Waals surface area (Å²) in [5, 5.41) is 0. The highest BCUT2D eigenvalue weighted by atomic mass is 16.5. The smallest absolute Gasteiger partial charge is 0.316 e. The maximum atomic E-state index is 12.1. The van der Waals surface area contributed by atoms with Gasteiger partial charge in [0.1, 0.15) is 5.92 Å². The van der Waals surface area contributed by atoms with E-state index in [1.54, 1.807) is 25.1 Å². The van der Waals surface area contributed by atoms with E-state index in [0.717, 1.165) is 0 Å². The van der Waals surface area contributed by atoms with Crippen LogP contribution in [0.1, 0.15) is 24.2 Å². The van der Waals surface area contributed by atoms with Gasteiger partial charge in [0.15, 0.2) is 17.3 Å². The Kier molecular flexibility index (Phi) is 5.36. The Morgan fingerprint density at radius 2 is 1.79 bits per heavy atom. The van der Waals surface area contributed by atoms with Crippen LogP contribution in [0.2, 0.25) is 0 Å². The van der Waals surface area contributed by atoms with Gasteiger partial charge in [-0.05, 0) is 32.0 Å². The Morgan fingerprint density at radius 3 is 2.32 bits per heavy atom. The lowest BCUT2D eigenvalue weighted by atomic mass is 9.99. The zero-order valence-electron chi connectivity index (χ0n) is 11.6. The molecule has 1 rings (SSSR count). The second-order valence-electron chi connectivity index (χ2n) is 3.91. The lowest BCUT2D eigenvalue weighted by Crippen LogP contribution is -2.23. The Bertz CT molecular complexity index is 467. The molecule has 0 saturated heterocycles. The molecule has 1 aromatic rings. The number of ketones is 1. The summed E-state index contributed by atoms with van der Waals surface area (Å²) < 4.78 is 15.0. The number of methoxy groups -OCH3 is 2. The molecule has 0 saturated carbocycles. The minimum Gasteiger partial charge on any atom is -0.493 e. The average Bonchev–Trinajstić information content (AvgIpc) is 2.45. The number of carbonyl (C=O) groups excluding carboxylic acids is 2. The molecule has 0 fully saturated rings. The Hall–Kier alpha value is -2.04. The minimum atomic E-state index is -0.835. The van der Waals surface area contributed by atoms with Crippen LogP contribution in [-0.4, -0.2) is 32.6 Å². The molecule has 5 heteroatoms. The third-order valence-corrected chi connectivity index (χ3v) is 2.70. The number of ether oxygens (including phenoxy) is 3. The van der Waals surface area contributed by atoms with Crippen molar-refractivity contribution in [3.63, 3.8) is 0 Å². The van der Waals surface area contributed by atoms with Gasteiger partial charge in [-0.15, -0.1) is 0 Å². The number of esters is 1. The third kappa shape index (κ3) is 3.47. The first-order valence-electron chi connectivity index (χ1n) is 5.98. The number of rotatable bonds is 6. The molecule has 1 atom stereocenters. The maximum absolute atomic E-state index is 12.1. The predicted molar refractivity (Wildman–Crippen MR) is 69.7 cm³/mol. The quantitative estimate of drug-likeness (QED) is 0.448. The van der Waals surface area contributed by atoms with Gasteiger partial charge in [-0.1, -0.05) is 0 Å². The lowest BCUT2D eigenvalue weighted by molar-refractivity contribution is -0.145. The van der Waals surface area contributed by atoms with Gasteiger partial charge in [-0.3, -0.25) is 9.59 Å². The molecule has 1 aromatic carbocycles. The van der Waals surface area contributed by atoms with E-state index in [-0.39, 0.29) is 12.4 Å². The van der Waals surface area contributed by atoms with Gasteiger partial charge in [-0.2, -0.15) is 0 Å². The fraction of sp³-hybridized carbons (Fsp3) is 0.429. The Morgan fingerprint density at radius 1 is 1.16 bits per heavy atom. The molecule has 0 aliphatic heterocycles. The summed E-state index contributed by atoms with van der Waals surface area (Å²) in [5.74, 6) is -0.688.